The summed E-state index contributed by atoms with van der Waals surface area (Å²) in [6, 6.07) is 5.57. The lowest BCUT2D eigenvalue weighted by molar-refractivity contribution is -0.126. The number of carbonyl (C=O) groups excluding carboxylic acids is 1. The lowest BCUT2D eigenvalue weighted by atomic mass is 9.82. The minimum Gasteiger partial charge on any atom is -0.299 e. The van der Waals surface area contributed by atoms with Crippen molar-refractivity contribution in [1.82, 2.24) is 4.90 Å². The quantitative estimate of drug-likeness (QED) is 0.806. The van der Waals surface area contributed by atoms with Gasteiger partial charge in [0.25, 0.3) is 0 Å². The summed E-state index contributed by atoms with van der Waals surface area (Å²) in [5, 5.41) is 0. The molecule has 0 amide bonds. The van der Waals surface area contributed by atoms with Crippen LogP contribution in [-0.4, -0.2) is 23.3 Å². The van der Waals surface area contributed by atoms with E-state index in [1.54, 1.807) is 0 Å². The number of benzene rings is 1. The molecular weight excluding hydrogens is 333 g/mol. The molecule has 3 rings (SSSR count). The fourth-order valence-corrected chi connectivity index (χ4v) is 4.12. The Morgan fingerprint density at radius 3 is 2.86 bits per heavy atom. The summed E-state index contributed by atoms with van der Waals surface area (Å²) in [6.07, 6.45) is 6.16. The Kier molecular flexibility index (Phi) is 4.75. The molecule has 0 radical (unpaired) electrons. The van der Waals surface area contributed by atoms with Crippen LogP contribution in [0.4, 0.5) is 4.39 Å². The van der Waals surface area contributed by atoms with Gasteiger partial charge >= 0.3 is 0 Å². The van der Waals surface area contributed by atoms with Crippen molar-refractivity contribution in [3.63, 3.8) is 0 Å². The summed E-state index contributed by atoms with van der Waals surface area (Å²) in [7, 11) is 0. The number of likely N-dealkylation sites (tertiary alicyclic amines) is 1. The predicted octanol–water partition coefficient (Wildman–Crippen LogP) is 4.31. The number of rotatable bonds is 3. The van der Waals surface area contributed by atoms with E-state index in [1.165, 1.54) is 6.07 Å². The number of hydrogen-bond acceptors (Lipinski definition) is 2. The van der Waals surface area contributed by atoms with Crippen LogP contribution in [0.2, 0.25) is 0 Å². The number of nitrogens with zero attached hydrogens (tertiary/aromatic N) is 1. The Morgan fingerprint density at radius 1 is 1.24 bits per heavy atom. The Bertz CT molecular complexity index is 534. The van der Waals surface area contributed by atoms with Gasteiger partial charge in [0.15, 0.2) is 0 Å². The van der Waals surface area contributed by atoms with E-state index in [2.05, 4.69) is 20.8 Å². The molecule has 2 aliphatic rings. The van der Waals surface area contributed by atoms with Gasteiger partial charge in [-0.15, -0.1) is 0 Å². The van der Waals surface area contributed by atoms with E-state index in [0.29, 0.717) is 18.4 Å². The zero-order valence-corrected chi connectivity index (χ0v) is 13.7. The van der Waals surface area contributed by atoms with Gasteiger partial charge in [-0.1, -0.05) is 28.4 Å². The summed E-state index contributed by atoms with van der Waals surface area (Å²) >= 11 is 3.29. The Labute approximate surface area is 133 Å². The molecule has 1 saturated heterocycles. The van der Waals surface area contributed by atoms with Crippen molar-refractivity contribution in [2.75, 3.05) is 6.54 Å². The van der Waals surface area contributed by atoms with Crippen LogP contribution in [0.25, 0.3) is 0 Å². The summed E-state index contributed by atoms with van der Waals surface area (Å²) in [5.41, 5.74) is 0.730. The molecule has 0 N–H and O–H groups in total. The van der Waals surface area contributed by atoms with Crippen LogP contribution < -0.4 is 0 Å². The summed E-state index contributed by atoms with van der Waals surface area (Å²) in [5.74, 6) is 0.444. The van der Waals surface area contributed by atoms with E-state index >= 15 is 0 Å². The third-order valence-corrected chi connectivity index (χ3v) is 5.36. The average molecular weight is 354 g/mol. The molecule has 21 heavy (non-hydrogen) atoms. The minimum absolute atomic E-state index is 0.162. The van der Waals surface area contributed by atoms with Crippen LogP contribution in [0.5, 0.6) is 0 Å². The molecular formula is C17H21BrFNO. The van der Waals surface area contributed by atoms with Crippen molar-refractivity contribution < 1.29 is 9.18 Å². The zero-order valence-electron chi connectivity index (χ0n) is 12.2. The molecule has 1 saturated carbocycles. The molecule has 1 aliphatic carbocycles. The second-order valence-corrected chi connectivity index (χ2v) is 7.15. The summed E-state index contributed by atoms with van der Waals surface area (Å²) in [6.45, 7) is 1.59. The van der Waals surface area contributed by atoms with Crippen molar-refractivity contribution >= 4 is 21.7 Å². The first-order chi connectivity index (χ1) is 10.1. The topological polar surface area (TPSA) is 20.3 Å². The third-order valence-electron chi connectivity index (χ3n) is 4.87. The number of halogens is 2. The smallest absolute Gasteiger partial charge is 0.137 e. The van der Waals surface area contributed by atoms with E-state index in [-0.39, 0.29) is 11.7 Å². The molecule has 2 unspecified atom stereocenters. The molecule has 0 bridgehead atoms. The zero-order chi connectivity index (χ0) is 14.8. The lowest BCUT2D eigenvalue weighted by Crippen LogP contribution is -2.40. The lowest BCUT2D eigenvalue weighted by Gasteiger charge is -2.33. The van der Waals surface area contributed by atoms with Gasteiger partial charge in [-0.3, -0.25) is 9.69 Å². The fourth-order valence-electron chi connectivity index (χ4n) is 3.79. The van der Waals surface area contributed by atoms with Gasteiger partial charge in [-0.25, -0.2) is 4.39 Å². The van der Waals surface area contributed by atoms with Gasteiger partial charge in [-0.2, -0.15) is 0 Å². The maximum Gasteiger partial charge on any atom is 0.137 e. The van der Waals surface area contributed by atoms with Gasteiger partial charge in [0.05, 0.1) is 0 Å². The average Bonchev–Trinajstić information content (AvgIpc) is 2.90. The highest BCUT2D eigenvalue weighted by atomic mass is 79.9. The molecule has 4 heteroatoms. The molecule has 1 heterocycles. The van der Waals surface area contributed by atoms with Gasteiger partial charge in [0, 0.05) is 35.0 Å². The van der Waals surface area contributed by atoms with Crippen LogP contribution in [-0.2, 0) is 11.3 Å². The van der Waals surface area contributed by atoms with Crippen LogP contribution >= 0.6 is 15.9 Å². The standard InChI is InChI=1S/C17H21BrFNO/c18-13-8-7-12(15(19)10-13)11-20-9-3-5-16(20)14-4-1-2-6-17(14)21/h7-8,10,14,16H,1-6,9,11H2. The summed E-state index contributed by atoms with van der Waals surface area (Å²) < 4.78 is 14.8. The van der Waals surface area contributed by atoms with Crippen molar-refractivity contribution in [2.24, 2.45) is 5.92 Å². The molecule has 1 aromatic carbocycles. The third kappa shape index (κ3) is 3.37. The summed E-state index contributed by atoms with van der Waals surface area (Å²) in [4.78, 5) is 14.5. The molecule has 1 aromatic rings. The van der Waals surface area contributed by atoms with E-state index in [1.807, 2.05) is 12.1 Å². The second-order valence-electron chi connectivity index (χ2n) is 6.23. The molecule has 0 spiro atoms. The van der Waals surface area contributed by atoms with E-state index in [9.17, 15) is 9.18 Å². The second kappa shape index (κ2) is 6.57. The van der Waals surface area contributed by atoms with E-state index in [0.717, 1.165) is 55.1 Å². The minimum atomic E-state index is -0.162. The van der Waals surface area contributed by atoms with E-state index < -0.39 is 0 Å². The number of Topliss-reactive ketones (excluding diaryl/α,β-unsaturated/α-hetero) is 1. The van der Waals surface area contributed by atoms with Gasteiger partial charge in [0.1, 0.15) is 11.6 Å². The first-order valence-electron chi connectivity index (χ1n) is 7.86. The molecule has 114 valence electrons. The molecule has 0 aromatic heterocycles. The highest BCUT2D eigenvalue weighted by Crippen LogP contribution is 2.33. The molecule has 1 aliphatic heterocycles. The Balaban J connectivity index is 1.73. The molecule has 2 fully saturated rings. The fraction of sp³-hybridized carbons (Fsp3) is 0.588. The molecule has 2 nitrogen and oxygen atoms in total. The maximum atomic E-state index is 14.0. The van der Waals surface area contributed by atoms with Crippen LogP contribution in [0, 0.1) is 11.7 Å². The Morgan fingerprint density at radius 2 is 2.10 bits per heavy atom. The van der Waals surface area contributed by atoms with Crippen LogP contribution in [0.1, 0.15) is 44.1 Å². The van der Waals surface area contributed by atoms with Gasteiger partial charge in [-0.05, 0) is 44.4 Å². The molecule has 2 atom stereocenters. The predicted molar refractivity (Wildman–Crippen MR) is 84.5 cm³/mol. The van der Waals surface area contributed by atoms with Crippen molar-refractivity contribution in [1.29, 1.82) is 0 Å². The largest absolute Gasteiger partial charge is 0.299 e. The van der Waals surface area contributed by atoms with Crippen LogP contribution in [0.3, 0.4) is 0 Å². The first-order valence-corrected chi connectivity index (χ1v) is 8.65. The normalized spacial score (nSPS) is 27.2. The van der Waals surface area contributed by atoms with Gasteiger partial charge in [0.2, 0.25) is 0 Å². The van der Waals surface area contributed by atoms with E-state index in [4.69, 9.17) is 0 Å². The van der Waals surface area contributed by atoms with Crippen molar-refractivity contribution in [2.45, 2.75) is 51.1 Å². The van der Waals surface area contributed by atoms with Crippen molar-refractivity contribution in [3.05, 3.63) is 34.1 Å². The number of ketones is 1. The first kappa shape index (κ1) is 15.2. The SMILES string of the molecule is O=C1CCCCC1C1CCCN1Cc1ccc(Br)cc1F. The monoisotopic (exact) mass is 353 g/mol. The number of carbonyl (C=O) groups is 1. The van der Waals surface area contributed by atoms with Crippen molar-refractivity contribution in [3.8, 4) is 0 Å². The highest BCUT2D eigenvalue weighted by Gasteiger charge is 2.36. The maximum absolute atomic E-state index is 14.0. The Hall–Kier alpha value is -0.740. The number of hydrogen-bond donors (Lipinski definition) is 0. The van der Waals surface area contributed by atoms with Gasteiger partial charge < -0.3 is 0 Å². The highest BCUT2D eigenvalue weighted by molar-refractivity contribution is 9.10. The van der Waals surface area contributed by atoms with Crippen LogP contribution in [0.15, 0.2) is 22.7 Å².